The molecule has 27 heavy (non-hydrogen) atoms. The number of non-ortho nitro benzene ring substituents is 1. The Morgan fingerprint density at radius 3 is 2.26 bits per heavy atom. The number of rotatable bonds is 5. The number of nitro groups is 1. The second-order valence-corrected chi connectivity index (χ2v) is 9.38. The Morgan fingerprint density at radius 2 is 1.78 bits per heavy atom. The highest BCUT2D eigenvalue weighted by atomic mass is 32.2. The van der Waals surface area contributed by atoms with Gasteiger partial charge in [0.2, 0.25) is 5.91 Å². The molecule has 0 radical (unpaired) electrons. The molecule has 0 fully saturated rings. The fraction of sp³-hybridized carbons (Fsp3) is 0.474. The Hall–Kier alpha value is -2.35. The maximum absolute atomic E-state index is 12.4. The van der Waals surface area contributed by atoms with Gasteiger partial charge in [-0.15, -0.1) is 11.8 Å². The third-order valence-electron chi connectivity index (χ3n) is 3.80. The number of aromatic nitrogens is 2. The minimum absolute atomic E-state index is 0.0348. The number of benzene rings is 1. The van der Waals surface area contributed by atoms with Gasteiger partial charge in [-0.2, -0.15) is 5.10 Å². The smallest absolute Gasteiger partial charge is 0.269 e. The van der Waals surface area contributed by atoms with Crippen molar-refractivity contribution in [1.29, 1.82) is 0 Å². The fourth-order valence-electron chi connectivity index (χ4n) is 2.34. The van der Waals surface area contributed by atoms with E-state index in [1.54, 1.807) is 12.1 Å². The molecule has 0 aliphatic rings. The summed E-state index contributed by atoms with van der Waals surface area (Å²) in [5.74, 6) is 0.726. The highest BCUT2D eigenvalue weighted by Crippen LogP contribution is 2.28. The Labute approximate surface area is 163 Å². The number of amides is 1. The van der Waals surface area contributed by atoms with E-state index in [1.165, 1.54) is 23.9 Å². The van der Waals surface area contributed by atoms with Crippen LogP contribution in [0.25, 0.3) is 0 Å². The molecule has 1 amide bonds. The second-order valence-electron chi connectivity index (χ2n) is 8.34. The van der Waals surface area contributed by atoms with Crippen LogP contribution >= 0.6 is 11.8 Å². The predicted molar refractivity (Wildman–Crippen MR) is 108 cm³/mol. The first kappa shape index (κ1) is 21.0. The van der Waals surface area contributed by atoms with Gasteiger partial charge in [0.15, 0.2) is 0 Å². The number of carbonyl (C=O) groups is 1. The second kappa shape index (κ2) is 7.72. The third kappa shape index (κ3) is 5.56. The largest absolute Gasteiger partial charge is 0.310 e. The van der Waals surface area contributed by atoms with Gasteiger partial charge in [-0.05, 0) is 32.9 Å². The van der Waals surface area contributed by atoms with Crippen molar-refractivity contribution in [1.82, 2.24) is 9.78 Å². The van der Waals surface area contributed by atoms with Crippen LogP contribution in [0, 0.1) is 10.1 Å². The molecule has 7 nitrogen and oxygen atoms in total. The van der Waals surface area contributed by atoms with Crippen molar-refractivity contribution in [2.24, 2.45) is 0 Å². The standard InChI is InChI=1S/C19H26N4O3S/c1-18(2,3)15-11-16(22(21-15)19(4,5)6)20-17(24)12-27-14-9-7-13(8-10-14)23(25)26/h7-11H,12H2,1-6H3,(H,20,24). The SMILES string of the molecule is CC(C)(C)c1cc(NC(=O)CSc2ccc([N+](=O)[O-])cc2)n(C(C)(C)C)n1. The van der Waals surface area contributed by atoms with Gasteiger partial charge in [0.1, 0.15) is 5.82 Å². The first-order chi connectivity index (χ1) is 12.4. The summed E-state index contributed by atoms with van der Waals surface area (Å²) in [5, 5.41) is 18.3. The van der Waals surface area contributed by atoms with Gasteiger partial charge in [0.25, 0.3) is 5.69 Å². The van der Waals surface area contributed by atoms with Crippen LogP contribution in [0.5, 0.6) is 0 Å². The number of anilines is 1. The van der Waals surface area contributed by atoms with Crippen molar-refractivity contribution in [3.8, 4) is 0 Å². The molecule has 0 saturated carbocycles. The molecule has 2 aromatic rings. The van der Waals surface area contributed by atoms with Gasteiger partial charge in [-0.1, -0.05) is 20.8 Å². The third-order valence-corrected chi connectivity index (χ3v) is 4.81. The Bertz CT molecular complexity index is 830. The molecule has 1 aromatic carbocycles. The zero-order valence-electron chi connectivity index (χ0n) is 16.6. The molecule has 0 unspecified atom stereocenters. The summed E-state index contributed by atoms with van der Waals surface area (Å²) >= 11 is 1.33. The van der Waals surface area contributed by atoms with Gasteiger partial charge in [-0.3, -0.25) is 14.9 Å². The monoisotopic (exact) mass is 390 g/mol. The van der Waals surface area contributed by atoms with Crippen LogP contribution in [0.15, 0.2) is 35.2 Å². The Kier molecular flexibility index (Phi) is 5.99. The van der Waals surface area contributed by atoms with E-state index < -0.39 is 4.92 Å². The zero-order valence-corrected chi connectivity index (χ0v) is 17.4. The van der Waals surface area contributed by atoms with E-state index in [-0.39, 0.29) is 28.3 Å². The van der Waals surface area contributed by atoms with Crippen LogP contribution < -0.4 is 5.32 Å². The maximum atomic E-state index is 12.4. The minimum atomic E-state index is -0.443. The van der Waals surface area contributed by atoms with Gasteiger partial charge >= 0.3 is 0 Å². The highest BCUT2D eigenvalue weighted by Gasteiger charge is 2.25. The average Bonchev–Trinajstić information content (AvgIpc) is 2.97. The molecule has 0 aliphatic carbocycles. The molecule has 0 atom stereocenters. The number of nitrogens with zero attached hydrogens (tertiary/aromatic N) is 3. The van der Waals surface area contributed by atoms with Crippen LogP contribution in [-0.2, 0) is 15.7 Å². The van der Waals surface area contributed by atoms with Gasteiger partial charge in [-0.25, -0.2) is 4.68 Å². The summed E-state index contributed by atoms with van der Waals surface area (Å²) in [5.41, 5.74) is 0.560. The minimum Gasteiger partial charge on any atom is -0.310 e. The average molecular weight is 391 g/mol. The van der Waals surface area contributed by atoms with Crippen LogP contribution in [0.4, 0.5) is 11.5 Å². The number of hydrogen-bond acceptors (Lipinski definition) is 5. The van der Waals surface area contributed by atoms with E-state index in [1.807, 2.05) is 31.5 Å². The molecular weight excluding hydrogens is 364 g/mol. The summed E-state index contributed by atoms with van der Waals surface area (Å²) in [7, 11) is 0. The summed E-state index contributed by atoms with van der Waals surface area (Å²) in [6, 6.07) is 8.08. The number of nitro benzene ring substituents is 1. The van der Waals surface area contributed by atoms with E-state index in [2.05, 4.69) is 31.2 Å². The molecule has 1 heterocycles. The van der Waals surface area contributed by atoms with E-state index in [0.717, 1.165) is 10.6 Å². The quantitative estimate of drug-likeness (QED) is 0.459. The van der Waals surface area contributed by atoms with Crippen molar-refractivity contribution in [3.63, 3.8) is 0 Å². The van der Waals surface area contributed by atoms with E-state index in [4.69, 9.17) is 0 Å². The first-order valence-electron chi connectivity index (χ1n) is 8.66. The zero-order chi connectivity index (χ0) is 20.4. The number of nitrogens with one attached hydrogen (secondary N) is 1. The Balaban J connectivity index is 2.08. The molecule has 2 rings (SSSR count). The number of hydrogen-bond donors (Lipinski definition) is 1. The number of carbonyl (C=O) groups excluding carboxylic acids is 1. The van der Waals surface area contributed by atoms with Gasteiger partial charge in [0.05, 0.1) is 21.9 Å². The van der Waals surface area contributed by atoms with E-state index in [0.29, 0.717) is 5.82 Å². The first-order valence-corrected chi connectivity index (χ1v) is 9.64. The van der Waals surface area contributed by atoms with E-state index in [9.17, 15) is 14.9 Å². The maximum Gasteiger partial charge on any atom is 0.269 e. The van der Waals surface area contributed by atoms with Crippen molar-refractivity contribution in [2.45, 2.75) is 57.4 Å². The molecule has 1 N–H and O–H groups in total. The van der Waals surface area contributed by atoms with E-state index >= 15 is 0 Å². The summed E-state index contributed by atoms with van der Waals surface area (Å²) in [6.07, 6.45) is 0. The lowest BCUT2D eigenvalue weighted by Crippen LogP contribution is -2.27. The lowest BCUT2D eigenvalue weighted by Gasteiger charge is -2.23. The molecule has 0 bridgehead atoms. The molecule has 0 spiro atoms. The van der Waals surface area contributed by atoms with Gasteiger partial charge in [0, 0.05) is 28.5 Å². The summed E-state index contributed by atoms with van der Waals surface area (Å²) in [6.45, 7) is 12.4. The lowest BCUT2D eigenvalue weighted by molar-refractivity contribution is -0.384. The molecule has 1 aromatic heterocycles. The Morgan fingerprint density at radius 1 is 1.19 bits per heavy atom. The summed E-state index contributed by atoms with van der Waals surface area (Å²) in [4.78, 5) is 23.5. The molecular formula is C19H26N4O3S. The van der Waals surface area contributed by atoms with Crippen LogP contribution in [0.1, 0.15) is 47.2 Å². The van der Waals surface area contributed by atoms with Crippen molar-refractivity contribution in [3.05, 3.63) is 46.1 Å². The lowest BCUT2D eigenvalue weighted by atomic mass is 9.92. The highest BCUT2D eigenvalue weighted by molar-refractivity contribution is 8.00. The molecule has 0 aliphatic heterocycles. The normalized spacial score (nSPS) is 12.1. The number of thioether (sulfide) groups is 1. The van der Waals surface area contributed by atoms with Crippen molar-refractivity contribution >= 4 is 29.2 Å². The topological polar surface area (TPSA) is 90.1 Å². The van der Waals surface area contributed by atoms with Crippen LogP contribution in [0.2, 0.25) is 0 Å². The molecule has 146 valence electrons. The van der Waals surface area contributed by atoms with Gasteiger partial charge < -0.3 is 5.32 Å². The fourth-order valence-corrected chi connectivity index (χ4v) is 3.04. The van der Waals surface area contributed by atoms with Crippen LogP contribution in [0.3, 0.4) is 0 Å². The predicted octanol–water partition coefficient (Wildman–Crippen LogP) is 4.57. The molecule has 8 heteroatoms. The summed E-state index contributed by atoms with van der Waals surface area (Å²) < 4.78 is 1.84. The molecule has 0 saturated heterocycles. The van der Waals surface area contributed by atoms with Crippen molar-refractivity contribution < 1.29 is 9.72 Å². The van der Waals surface area contributed by atoms with Crippen molar-refractivity contribution in [2.75, 3.05) is 11.1 Å². The van der Waals surface area contributed by atoms with Crippen LogP contribution in [-0.4, -0.2) is 26.4 Å².